The summed E-state index contributed by atoms with van der Waals surface area (Å²) in [6, 6.07) is 0. The molecule has 3 nitrogen and oxygen atoms in total. The van der Waals surface area contributed by atoms with E-state index in [0.717, 1.165) is 38.5 Å². The van der Waals surface area contributed by atoms with Crippen LogP contribution >= 0.6 is 0 Å². The number of hydrogen-bond donors (Lipinski definition) is 1. The normalized spacial score (nSPS) is 43.5. The van der Waals surface area contributed by atoms with Crippen LogP contribution in [0.2, 0.25) is 0 Å². The van der Waals surface area contributed by atoms with E-state index in [0.29, 0.717) is 17.4 Å². The first kappa shape index (κ1) is 14.1. The first-order chi connectivity index (χ1) is 9.48. The van der Waals surface area contributed by atoms with Crippen LogP contribution in [-0.2, 0) is 9.53 Å². The summed E-state index contributed by atoms with van der Waals surface area (Å²) in [5.41, 5.74) is -0.992. The van der Waals surface area contributed by atoms with Gasteiger partial charge in [-0.15, -0.1) is 0 Å². The van der Waals surface area contributed by atoms with Gasteiger partial charge in [-0.25, -0.2) is 4.79 Å². The molecule has 1 N–H and O–H groups in total. The van der Waals surface area contributed by atoms with Gasteiger partial charge in [-0.3, -0.25) is 0 Å². The molecule has 0 bridgehead atoms. The summed E-state index contributed by atoms with van der Waals surface area (Å²) in [5, 5.41) is 11.2. The fourth-order valence-corrected chi connectivity index (χ4v) is 5.03. The maximum atomic E-state index is 12.1. The molecule has 0 radical (unpaired) electrons. The van der Waals surface area contributed by atoms with Crippen LogP contribution < -0.4 is 0 Å². The minimum absolute atomic E-state index is 0.323. The number of carbonyl (C=O) groups excluding carboxylic acids is 1. The Morgan fingerprint density at radius 2 is 1.90 bits per heavy atom. The molecule has 0 aromatic carbocycles. The number of rotatable bonds is 2. The largest absolute Gasteiger partial charge is 0.452 e. The third-order valence-electron chi connectivity index (χ3n) is 5.91. The highest BCUT2D eigenvalue weighted by atomic mass is 16.6. The quantitative estimate of drug-likeness (QED) is 0.622. The lowest BCUT2D eigenvalue weighted by Crippen LogP contribution is -2.58. The van der Waals surface area contributed by atoms with Crippen molar-refractivity contribution in [2.75, 3.05) is 0 Å². The fourth-order valence-electron chi connectivity index (χ4n) is 5.03. The predicted octanol–water partition coefficient (Wildman–Crippen LogP) is 3.36. The van der Waals surface area contributed by atoms with Gasteiger partial charge in [0.15, 0.2) is 0 Å². The van der Waals surface area contributed by atoms with Crippen molar-refractivity contribution < 1.29 is 14.6 Å². The molecular formula is C17H26O3. The van der Waals surface area contributed by atoms with E-state index in [2.05, 4.69) is 6.58 Å². The second kappa shape index (κ2) is 4.87. The average Bonchev–Trinajstić information content (AvgIpc) is 2.67. The number of esters is 1. The minimum atomic E-state index is -0.796. The lowest BCUT2D eigenvalue weighted by molar-refractivity contribution is -0.208. The SMILES string of the molecule is C=C(C)C(=O)OC12CCCCC1(O)CC1CCCCC12. The Kier molecular flexibility index (Phi) is 3.44. The van der Waals surface area contributed by atoms with Gasteiger partial charge in [-0.1, -0.05) is 25.8 Å². The molecule has 3 aliphatic carbocycles. The van der Waals surface area contributed by atoms with Gasteiger partial charge in [0.25, 0.3) is 0 Å². The molecule has 0 spiro atoms. The van der Waals surface area contributed by atoms with Gasteiger partial charge in [-0.2, -0.15) is 0 Å². The Bertz CT molecular complexity index is 430. The van der Waals surface area contributed by atoms with E-state index in [1.807, 2.05) is 0 Å². The molecule has 3 fully saturated rings. The number of carbonyl (C=O) groups is 1. The fraction of sp³-hybridized carbons (Fsp3) is 0.824. The molecule has 3 aliphatic rings. The molecule has 4 atom stereocenters. The topological polar surface area (TPSA) is 46.5 Å². The van der Waals surface area contributed by atoms with Gasteiger partial charge in [0, 0.05) is 11.5 Å². The van der Waals surface area contributed by atoms with Crippen LogP contribution in [0, 0.1) is 11.8 Å². The summed E-state index contributed by atoms with van der Waals surface area (Å²) in [6.07, 6.45) is 9.24. The van der Waals surface area contributed by atoms with E-state index in [1.54, 1.807) is 6.92 Å². The molecule has 0 aromatic rings. The van der Waals surface area contributed by atoms with E-state index < -0.39 is 11.2 Å². The van der Waals surface area contributed by atoms with Crippen LogP contribution in [-0.4, -0.2) is 22.3 Å². The zero-order valence-electron chi connectivity index (χ0n) is 12.5. The summed E-state index contributed by atoms with van der Waals surface area (Å²) in [4.78, 5) is 12.1. The molecule has 3 rings (SSSR count). The van der Waals surface area contributed by atoms with Gasteiger partial charge in [0.05, 0.1) is 0 Å². The number of fused-ring (bicyclic) bond motifs is 3. The minimum Gasteiger partial charge on any atom is -0.452 e. The van der Waals surface area contributed by atoms with Crippen LogP contribution in [0.5, 0.6) is 0 Å². The number of ether oxygens (including phenoxy) is 1. The zero-order chi connectivity index (χ0) is 14.4. The molecule has 3 heteroatoms. The van der Waals surface area contributed by atoms with Gasteiger partial charge in [-0.05, 0) is 51.4 Å². The smallest absolute Gasteiger partial charge is 0.333 e. The molecule has 0 aromatic heterocycles. The molecule has 0 aliphatic heterocycles. The molecule has 0 amide bonds. The van der Waals surface area contributed by atoms with Crippen LogP contribution in [0.4, 0.5) is 0 Å². The van der Waals surface area contributed by atoms with Crippen molar-refractivity contribution in [1.82, 2.24) is 0 Å². The van der Waals surface area contributed by atoms with E-state index in [-0.39, 0.29) is 5.97 Å². The van der Waals surface area contributed by atoms with Crippen molar-refractivity contribution in [1.29, 1.82) is 0 Å². The molecule has 3 saturated carbocycles. The van der Waals surface area contributed by atoms with Gasteiger partial charge in [0.1, 0.15) is 11.2 Å². The van der Waals surface area contributed by atoms with Gasteiger partial charge in [0.2, 0.25) is 0 Å². The van der Waals surface area contributed by atoms with Crippen LogP contribution in [0.25, 0.3) is 0 Å². The average molecular weight is 278 g/mol. The third-order valence-corrected chi connectivity index (χ3v) is 5.91. The molecule has 4 unspecified atom stereocenters. The Morgan fingerprint density at radius 1 is 1.20 bits per heavy atom. The number of aliphatic hydroxyl groups is 1. The first-order valence-electron chi connectivity index (χ1n) is 8.10. The summed E-state index contributed by atoms with van der Waals surface area (Å²) < 4.78 is 5.95. The summed E-state index contributed by atoms with van der Waals surface area (Å²) in [5.74, 6) is 0.561. The summed E-state index contributed by atoms with van der Waals surface area (Å²) in [6.45, 7) is 5.39. The highest BCUT2D eigenvalue weighted by molar-refractivity contribution is 5.87. The van der Waals surface area contributed by atoms with E-state index in [9.17, 15) is 9.90 Å². The van der Waals surface area contributed by atoms with Crippen molar-refractivity contribution in [2.45, 2.75) is 75.9 Å². The van der Waals surface area contributed by atoms with Crippen LogP contribution in [0.3, 0.4) is 0 Å². The van der Waals surface area contributed by atoms with Crippen LogP contribution in [0.1, 0.15) is 64.7 Å². The lowest BCUT2D eigenvalue weighted by atomic mass is 9.67. The van der Waals surface area contributed by atoms with Crippen molar-refractivity contribution in [3.05, 3.63) is 12.2 Å². The Hall–Kier alpha value is -0.830. The molecular weight excluding hydrogens is 252 g/mol. The molecule has 20 heavy (non-hydrogen) atoms. The van der Waals surface area contributed by atoms with Gasteiger partial charge < -0.3 is 9.84 Å². The summed E-state index contributed by atoms with van der Waals surface area (Å²) >= 11 is 0. The summed E-state index contributed by atoms with van der Waals surface area (Å²) in [7, 11) is 0. The number of hydrogen-bond acceptors (Lipinski definition) is 3. The first-order valence-corrected chi connectivity index (χ1v) is 8.10. The van der Waals surface area contributed by atoms with Crippen molar-refractivity contribution in [2.24, 2.45) is 11.8 Å². The van der Waals surface area contributed by atoms with Crippen LogP contribution in [0.15, 0.2) is 12.2 Å². The Labute approximate surface area is 121 Å². The molecule has 0 heterocycles. The third kappa shape index (κ3) is 1.93. The predicted molar refractivity (Wildman–Crippen MR) is 77.1 cm³/mol. The maximum absolute atomic E-state index is 12.1. The van der Waals surface area contributed by atoms with E-state index in [1.165, 1.54) is 19.3 Å². The lowest BCUT2D eigenvalue weighted by Gasteiger charge is -2.48. The maximum Gasteiger partial charge on any atom is 0.333 e. The van der Waals surface area contributed by atoms with E-state index in [4.69, 9.17) is 4.74 Å². The second-order valence-electron chi connectivity index (χ2n) is 7.15. The standard InChI is InChI=1S/C17H26O3/c1-12(2)15(18)20-17-10-6-5-9-16(17,19)11-13-7-3-4-8-14(13)17/h13-14,19H,1,3-11H2,2H3. The monoisotopic (exact) mass is 278 g/mol. The molecule has 112 valence electrons. The molecule has 0 saturated heterocycles. The van der Waals surface area contributed by atoms with Gasteiger partial charge >= 0.3 is 5.97 Å². The second-order valence-corrected chi connectivity index (χ2v) is 7.15. The zero-order valence-corrected chi connectivity index (χ0v) is 12.5. The highest BCUT2D eigenvalue weighted by Gasteiger charge is 2.66. The van der Waals surface area contributed by atoms with E-state index >= 15 is 0 Å². The van der Waals surface area contributed by atoms with Crippen molar-refractivity contribution in [3.63, 3.8) is 0 Å². The highest BCUT2D eigenvalue weighted by Crippen LogP contribution is 2.60. The Balaban J connectivity index is 1.96. The van der Waals surface area contributed by atoms with Crippen molar-refractivity contribution in [3.8, 4) is 0 Å². The van der Waals surface area contributed by atoms with Crippen molar-refractivity contribution >= 4 is 5.97 Å². The Morgan fingerprint density at radius 3 is 2.65 bits per heavy atom.